The van der Waals surface area contributed by atoms with Gasteiger partial charge >= 0.3 is 5.97 Å². The van der Waals surface area contributed by atoms with Crippen LogP contribution in [0.25, 0.3) is 0 Å². The molecule has 2 aromatic carbocycles. The van der Waals surface area contributed by atoms with Crippen molar-refractivity contribution in [2.45, 2.75) is 39.2 Å². The second-order valence-corrected chi connectivity index (χ2v) is 11.2. The summed E-state index contributed by atoms with van der Waals surface area (Å²) in [4.78, 5) is 25.7. The fraction of sp³-hybridized carbons (Fsp3) is 0.269. The second-order valence-electron chi connectivity index (χ2n) is 8.85. The highest BCUT2D eigenvalue weighted by atomic mass is 79.9. The lowest BCUT2D eigenvalue weighted by Crippen LogP contribution is -2.32. The van der Waals surface area contributed by atoms with Crippen LogP contribution in [0, 0.1) is 11.3 Å². The molecule has 1 atom stereocenters. The molecular weight excluding hydrogens is 550 g/mol. The number of nitrogens with zero attached hydrogens (tertiary/aromatic N) is 1. The number of esters is 1. The molecule has 1 heterocycles. The molecule has 1 amide bonds. The number of hydrogen-bond donors (Lipinski definition) is 2. The third-order valence-corrected chi connectivity index (χ3v) is 6.74. The third kappa shape index (κ3) is 7.14. The van der Waals surface area contributed by atoms with Crippen LogP contribution in [-0.4, -0.2) is 23.2 Å². The van der Waals surface area contributed by atoms with Gasteiger partial charge in [0, 0.05) is 20.9 Å². The van der Waals surface area contributed by atoms with E-state index in [9.17, 15) is 14.9 Å². The Bertz CT molecular complexity index is 1230. The van der Waals surface area contributed by atoms with Crippen molar-refractivity contribution in [3.05, 3.63) is 85.5 Å². The quantitative estimate of drug-likeness (QED) is 0.382. The fourth-order valence-corrected chi connectivity index (χ4v) is 4.77. The van der Waals surface area contributed by atoms with Gasteiger partial charge in [0.2, 0.25) is 5.91 Å². The molecule has 0 aromatic heterocycles. The molecule has 2 aromatic rings. The van der Waals surface area contributed by atoms with Gasteiger partial charge in [0.05, 0.1) is 33.9 Å². The predicted molar refractivity (Wildman–Crippen MR) is 144 cm³/mol. The zero-order valence-electron chi connectivity index (χ0n) is 19.7. The molecule has 0 saturated heterocycles. The fourth-order valence-electron chi connectivity index (χ4n) is 3.49. The summed E-state index contributed by atoms with van der Waals surface area (Å²) in [5.41, 5.74) is 1.94. The molecule has 0 spiro atoms. The molecule has 2 N–H and O–H groups in total. The Labute approximate surface area is 222 Å². The molecule has 0 aliphatic carbocycles. The van der Waals surface area contributed by atoms with Crippen molar-refractivity contribution in [2.75, 3.05) is 11.1 Å². The summed E-state index contributed by atoms with van der Waals surface area (Å²) in [5, 5.41) is 17.2. The number of carbonyl (C=O) groups is 2. The number of dihydropyridines is 1. The average molecular weight is 575 g/mol. The first-order valence-electron chi connectivity index (χ1n) is 10.8. The summed E-state index contributed by atoms with van der Waals surface area (Å²) in [6.07, 6.45) is 0. The number of allylic oxidation sites excluding steroid dienone is 2. The highest BCUT2D eigenvalue weighted by Crippen LogP contribution is 2.41. The zero-order valence-corrected chi connectivity index (χ0v) is 22.9. The maximum Gasteiger partial charge on any atom is 0.337 e. The van der Waals surface area contributed by atoms with Crippen molar-refractivity contribution in [2.24, 2.45) is 0 Å². The van der Waals surface area contributed by atoms with Crippen molar-refractivity contribution in [1.29, 1.82) is 5.26 Å². The molecule has 1 aliphatic heterocycles. The largest absolute Gasteiger partial charge is 0.457 e. The number of benzene rings is 2. The summed E-state index contributed by atoms with van der Waals surface area (Å²) in [6.45, 7) is 7.14. The van der Waals surface area contributed by atoms with Crippen LogP contribution in [0.4, 0.5) is 5.69 Å². The first-order valence-corrected chi connectivity index (χ1v) is 12.9. The van der Waals surface area contributed by atoms with Crippen LogP contribution in [0.3, 0.4) is 0 Å². The summed E-state index contributed by atoms with van der Waals surface area (Å²) >= 11 is 10.7. The van der Waals surface area contributed by atoms with E-state index in [4.69, 9.17) is 16.3 Å². The number of halogens is 2. The van der Waals surface area contributed by atoms with Crippen LogP contribution in [0.1, 0.15) is 39.2 Å². The predicted octanol–water partition coefficient (Wildman–Crippen LogP) is 6.51. The van der Waals surface area contributed by atoms with E-state index in [-0.39, 0.29) is 11.7 Å². The Morgan fingerprint density at radius 2 is 1.80 bits per heavy atom. The van der Waals surface area contributed by atoms with Crippen molar-refractivity contribution >= 4 is 56.9 Å². The highest BCUT2D eigenvalue weighted by Gasteiger charge is 2.37. The van der Waals surface area contributed by atoms with Crippen LogP contribution in [0.5, 0.6) is 0 Å². The summed E-state index contributed by atoms with van der Waals surface area (Å²) in [5.74, 6) is -1.31. The summed E-state index contributed by atoms with van der Waals surface area (Å²) < 4.78 is 6.57. The zero-order chi connectivity index (χ0) is 25.8. The Balaban J connectivity index is 1.91. The lowest BCUT2D eigenvalue weighted by Gasteiger charge is -2.31. The number of anilines is 1. The van der Waals surface area contributed by atoms with E-state index in [0.717, 1.165) is 10.0 Å². The lowest BCUT2D eigenvalue weighted by molar-refractivity contribution is -0.150. The molecule has 0 bridgehead atoms. The molecule has 0 radical (unpaired) electrons. The Morgan fingerprint density at radius 3 is 2.37 bits per heavy atom. The first-order chi connectivity index (χ1) is 16.5. The van der Waals surface area contributed by atoms with E-state index >= 15 is 0 Å². The third-order valence-electron chi connectivity index (χ3n) is 4.95. The molecule has 35 heavy (non-hydrogen) atoms. The monoisotopic (exact) mass is 573 g/mol. The normalized spacial score (nSPS) is 15.9. The van der Waals surface area contributed by atoms with Crippen molar-refractivity contribution in [3.63, 3.8) is 0 Å². The lowest BCUT2D eigenvalue weighted by atomic mass is 9.82. The Morgan fingerprint density at radius 1 is 1.17 bits per heavy atom. The number of thioether (sulfide) groups is 1. The van der Waals surface area contributed by atoms with E-state index in [1.165, 1.54) is 11.8 Å². The van der Waals surface area contributed by atoms with Gasteiger partial charge in [-0.2, -0.15) is 5.26 Å². The van der Waals surface area contributed by atoms with Gasteiger partial charge in [-0.3, -0.25) is 4.79 Å². The van der Waals surface area contributed by atoms with E-state index in [0.29, 0.717) is 32.6 Å². The minimum atomic E-state index is -0.703. The molecule has 0 fully saturated rings. The van der Waals surface area contributed by atoms with Gasteiger partial charge in [0.15, 0.2) is 0 Å². The highest BCUT2D eigenvalue weighted by molar-refractivity contribution is 9.10. The minimum absolute atomic E-state index is 0.0754. The number of ether oxygens (including phenoxy) is 1. The maximum absolute atomic E-state index is 13.2. The van der Waals surface area contributed by atoms with Crippen LogP contribution >= 0.6 is 39.3 Å². The number of nitrogens with one attached hydrogen (secondary N) is 2. The van der Waals surface area contributed by atoms with Crippen LogP contribution in [-0.2, 0) is 14.3 Å². The number of rotatable bonds is 6. The second kappa shape index (κ2) is 11.3. The van der Waals surface area contributed by atoms with Gasteiger partial charge in [-0.25, -0.2) is 4.79 Å². The first kappa shape index (κ1) is 26.9. The van der Waals surface area contributed by atoms with Gasteiger partial charge in [0.1, 0.15) is 5.60 Å². The number of hydrogen-bond acceptors (Lipinski definition) is 6. The molecule has 182 valence electrons. The van der Waals surface area contributed by atoms with E-state index < -0.39 is 17.5 Å². The molecule has 3 rings (SSSR count). The maximum atomic E-state index is 13.2. The number of amides is 1. The standard InChI is InChI=1S/C26H25BrClN3O3S/c1-15-22(25(33)34-26(2,3)4)23(16-5-9-18(28)10-6-16)20(13-29)24(30-15)35-14-21(32)31-19-11-7-17(27)8-12-19/h5-12,23,30H,14H2,1-4H3,(H,31,32)/t23-/m1/s1. The molecule has 1 aliphatic rings. The summed E-state index contributed by atoms with van der Waals surface area (Å²) in [7, 11) is 0. The molecule has 0 saturated carbocycles. The molecule has 9 heteroatoms. The smallest absolute Gasteiger partial charge is 0.337 e. The molecule has 0 unspecified atom stereocenters. The van der Waals surface area contributed by atoms with E-state index in [1.807, 2.05) is 12.1 Å². The van der Waals surface area contributed by atoms with Gasteiger partial charge in [-0.1, -0.05) is 51.4 Å². The summed E-state index contributed by atoms with van der Waals surface area (Å²) in [6, 6.07) is 16.5. The van der Waals surface area contributed by atoms with Crippen LogP contribution in [0.15, 0.2) is 74.9 Å². The molecular formula is C26H25BrClN3O3S. The average Bonchev–Trinajstić information content (AvgIpc) is 2.78. The van der Waals surface area contributed by atoms with Crippen molar-refractivity contribution in [1.82, 2.24) is 5.32 Å². The number of carbonyl (C=O) groups excluding carboxylic acids is 2. The van der Waals surface area contributed by atoms with E-state index in [2.05, 4.69) is 32.6 Å². The van der Waals surface area contributed by atoms with Crippen LogP contribution < -0.4 is 10.6 Å². The van der Waals surface area contributed by atoms with Gasteiger partial charge < -0.3 is 15.4 Å². The van der Waals surface area contributed by atoms with Gasteiger partial charge in [0.25, 0.3) is 0 Å². The van der Waals surface area contributed by atoms with E-state index in [1.54, 1.807) is 64.1 Å². The Hall–Kier alpha value is -2.73. The Kier molecular flexibility index (Phi) is 8.70. The topological polar surface area (TPSA) is 91.2 Å². The van der Waals surface area contributed by atoms with Crippen molar-refractivity contribution in [3.8, 4) is 6.07 Å². The van der Waals surface area contributed by atoms with Gasteiger partial charge in [-0.15, -0.1) is 0 Å². The SMILES string of the molecule is CC1=C(C(=O)OC(C)(C)C)[C@H](c2ccc(Cl)cc2)C(C#N)=C(SCC(=O)Nc2ccc(Br)cc2)N1. The minimum Gasteiger partial charge on any atom is -0.457 e. The molecule has 6 nitrogen and oxygen atoms in total. The van der Waals surface area contributed by atoms with Crippen LogP contribution in [0.2, 0.25) is 5.02 Å². The van der Waals surface area contributed by atoms with Gasteiger partial charge in [-0.05, 0) is 69.7 Å². The van der Waals surface area contributed by atoms with Crippen molar-refractivity contribution < 1.29 is 14.3 Å². The number of nitriles is 1.